The number of hydrogen-bond donors (Lipinski definition) is 1. The molecule has 2 aromatic rings. The topological polar surface area (TPSA) is 75.3 Å². The van der Waals surface area contributed by atoms with Gasteiger partial charge in [0.15, 0.2) is 0 Å². The lowest BCUT2D eigenvalue weighted by Crippen LogP contribution is -2.36. The molecule has 0 spiro atoms. The maximum Gasteiger partial charge on any atom is 0.258 e. The number of H-pyrrole nitrogens is 1. The van der Waals surface area contributed by atoms with Gasteiger partial charge >= 0.3 is 0 Å². The van der Waals surface area contributed by atoms with Gasteiger partial charge in [-0.15, -0.1) is 0 Å². The number of fused-ring (bicyclic) bond motifs is 1. The summed E-state index contributed by atoms with van der Waals surface area (Å²) in [5, 5.41) is 0.588. The van der Waals surface area contributed by atoms with Crippen molar-refractivity contribution in [1.82, 2.24) is 14.9 Å². The summed E-state index contributed by atoms with van der Waals surface area (Å²) in [7, 11) is 1.64. The SMILES string of the molecule is COCCN(CC(C)C)C(=O)CCCc1nc2ccccc2c(=O)[nH]1. The van der Waals surface area contributed by atoms with E-state index in [4.69, 9.17) is 4.74 Å². The average Bonchev–Trinajstić information content (AvgIpc) is 2.58. The van der Waals surface area contributed by atoms with Gasteiger partial charge in [0.1, 0.15) is 5.82 Å². The molecule has 0 radical (unpaired) electrons. The second kappa shape index (κ2) is 9.32. The van der Waals surface area contributed by atoms with Gasteiger partial charge in [0, 0.05) is 33.0 Å². The molecule has 2 rings (SSSR count). The predicted molar refractivity (Wildman–Crippen MR) is 98.6 cm³/mol. The lowest BCUT2D eigenvalue weighted by Gasteiger charge is -2.24. The molecule has 0 aliphatic rings. The summed E-state index contributed by atoms with van der Waals surface area (Å²) in [6.45, 7) is 6.07. The van der Waals surface area contributed by atoms with E-state index in [1.54, 1.807) is 13.2 Å². The van der Waals surface area contributed by atoms with E-state index < -0.39 is 0 Å². The molecule has 25 heavy (non-hydrogen) atoms. The number of nitrogens with zero attached hydrogens (tertiary/aromatic N) is 2. The second-order valence-corrected chi connectivity index (χ2v) is 6.61. The molecule has 0 atom stereocenters. The van der Waals surface area contributed by atoms with Crippen LogP contribution in [0.2, 0.25) is 0 Å². The fourth-order valence-electron chi connectivity index (χ4n) is 2.78. The van der Waals surface area contributed by atoms with E-state index in [1.165, 1.54) is 0 Å². The first-order valence-corrected chi connectivity index (χ1v) is 8.76. The zero-order valence-corrected chi connectivity index (χ0v) is 15.2. The van der Waals surface area contributed by atoms with Crippen LogP contribution in [0.25, 0.3) is 10.9 Å². The molecule has 0 aliphatic heterocycles. The van der Waals surface area contributed by atoms with Crippen molar-refractivity contribution in [3.8, 4) is 0 Å². The van der Waals surface area contributed by atoms with Gasteiger partial charge in [0.25, 0.3) is 5.56 Å². The third kappa shape index (κ3) is 5.67. The highest BCUT2D eigenvalue weighted by molar-refractivity contribution is 5.77. The minimum atomic E-state index is -0.131. The highest BCUT2D eigenvalue weighted by Gasteiger charge is 2.14. The molecule has 0 fully saturated rings. The van der Waals surface area contributed by atoms with Gasteiger partial charge in [-0.1, -0.05) is 26.0 Å². The van der Waals surface area contributed by atoms with E-state index in [0.717, 1.165) is 6.54 Å². The summed E-state index contributed by atoms with van der Waals surface area (Å²) in [5.41, 5.74) is 0.558. The molecule has 136 valence electrons. The van der Waals surface area contributed by atoms with Crippen LogP contribution < -0.4 is 5.56 Å². The number of aromatic nitrogens is 2. The average molecular weight is 345 g/mol. The van der Waals surface area contributed by atoms with E-state index in [9.17, 15) is 9.59 Å². The van der Waals surface area contributed by atoms with Crippen LogP contribution in [0, 0.1) is 5.92 Å². The van der Waals surface area contributed by atoms with E-state index in [1.807, 2.05) is 23.1 Å². The number of carbonyl (C=O) groups excluding carboxylic acids is 1. The molecule has 0 aliphatic carbocycles. The third-order valence-electron chi connectivity index (χ3n) is 3.97. The zero-order chi connectivity index (χ0) is 18.2. The van der Waals surface area contributed by atoms with Crippen LogP contribution in [0.5, 0.6) is 0 Å². The normalized spacial score (nSPS) is 11.2. The number of aromatic amines is 1. The molecule has 0 unspecified atom stereocenters. The van der Waals surface area contributed by atoms with Gasteiger partial charge in [0.2, 0.25) is 5.91 Å². The van der Waals surface area contributed by atoms with Crippen molar-refractivity contribution >= 4 is 16.8 Å². The molecule has 0 saturated heterocycles. The monoisotopic (exact) mass is 345 g/mol. The Kier molecular flexibility index (Phi) is 7.13. The standard InChI is InChI=1S/C19H27N3O3/c1-14(2)13-22(11-12-25-3)18(23)10-6-9-17-20-16-8-5-4-7-15(16)19(24)21-17/h4-5,7-8,14H,6,9-13H2,1-3H3,(H,20,21,24). The van der Waals surface area contributed by atoms with E-state index in [2.05, 4.69) is 23.8 Å². The largest absolute Gasteiger partial charge is 0.383 e. The summed E-state index contributed by atoms with van der Waals surface area (Å²) in [6, 6.07) is 7.27. The summed E-state index contributed by atoms with van der Waals surface area (Å²) in [4.78, 5) is 33.6. The van der Waals surface area contributed by atoms with Crippen LogP contribution in [0.1, 0.15) is 32.5 Å². The van der Waals surface area contributed by atoms with Gasteiger partial charge in [-0.25, -0.2) is 4.98 Å². The van der Waals surface area contributed by atoms with Gasteiger partial charge in [-0.05, 0) is 24.5 Å². The number of aryl methyl sites for hydroxylation is 1. The van der Waals surface area contributed by atoms with Crippen LogP contribution in [0.3, 0.4) is 0 Å². The summed E-state index contributed by atoms with van der Waals surface area (Å²) >= 11 is 0. The van der Waals surface area contributed by atoms with Gasteiger partial charge < -0.3 is 14.6 Å². The number of nitrogens with one attached hydrogen (secondary N) is 1. The van der Waals surface area contributed by atoms with E-state index in [0.29, 0.717) is 55.1 Å². The lowest BCUT2D eigenvalue weighted by molar-refractivity contribution is -0.132. The Morgan fingerprint density at radius 1 is 1.32 bits per heavy atom. The van der Waals surface area contributed by atoms with E-state index in [-0.39, 0.29) is 11.5 Å². The highest BCUT2D eigenvalue weighted by Crippen LogP contribution is 2.09. The van der Waals surface area contributed by atoms with Gasteiger partial charge in [-0.3, -0.25) is 9.59 Å². The second-order valence-electron chi connectivity index (χ2n) is 6.61. The summed E-state index contributed by atoms with van der Waals surface area (Å²) < 4.78 is 5.09. The fraction of sp³-hybridized carbons (Fsp3) is 0.526. The number of amides is 1. The van der Waals surface area contributed by atoms with Crippen molar-refractivity contribution in [1.29, 1.82) is 0 Å². The highest BCUT2D eigenvalue weighted by atomic mass is 16.5. The van der Waals surface area contributed by atoms with E-state index >= 15 is 0 Å². The molecular weight excluding hydrogens is 318 g/mol. The van der Waals surface area contributed by atoms with Crippen LogP contribution >= 0.6 is 0 Å². The molecule has 1 aromatic carbocycles. The number of benzene rings is 1. The first kappa shape index (κ1) is 19.1. The van der Waals surface area contributed by atoms with Crippen molar-refractivity contribution in [3.05, 3.63) is 40.4 Å². The molecule has 0 bridgehead atoms. The molecule has 0 saturated carbocycles. The molecule has 1 heterocycles. The molecule has 1 amide bonds. The van der Waals surface area contributed by atoms with Crippen LogP contribution in [0.15, 0.2) is 29.1 Å². The summed E-state index contributed by atoms with van der Waals surface area (Å²) in [6.07, 6.45) is 1.67. The fourth-order valence-corrected chi connectivity index (χ4v) is 2.78. The summed E-state index contributed by atoms with van der Waals surface area (Å²) in [5.74, 6) is 1.16. The third-order valence-corrected chi connectivity index (χ3v) is 3.97. The first-order valence-electron chi connectivity index (χ1n) is 8.76. The predicted octanol–water partition coefficient (Wildman–Crippen LogP) is 2.38. The number of methoxy groups -OCH3 is 1. The van der Waals surface area contributed by atoms with Crippen molar-refractivity contribution in [2.24, 2.45) is 5.92 Å². The zero-order valence-electron chi connectivity index (χ0n) is 15.2. The Morgan fingerprint density at radius 3 is 2.80 bits per heavy atom. The molecule has 1 N–H and O–H groups in total. The Labute approximate surface area is 148 Å². The maximum atomic E-state index is 12.4. The lowest BCUT2D eigenvalue weighted by atomic mass is 10.1. The van der Waals surface area contributed by atoms with Crippen LogP contribution in [-0.2, 0) is 16.0 Å². The molecule has 6 heteroatoms. The number of carbonyl (C=O) groups is 1. The molecular formula is C19H27N3O3. The van der Waals surface area contributed by atoms with Crippen molar-refractivity contribution in [2.75, 3.05) is 26.8 Å². The minimum absolute atomic E-state index is 0.119. The minimum Gasteiger partial charge on any atom is -0.383 e. The van der Waals surface area contributed by atoms with Gasteiger partial charge in [0.05, 0.1) is 17.5 Å². The van der Waals surface area contributed by atoms with Crippen molar-refractivity contribution in [3.63, 3.8) is 0 Å². The Bertz CT molecular complexity index is 755. The first-order chi connectivity index (χ1) is 12.0. The van der Waals surface area contributed by atoms with Crippen LogP contribution in [-0.4, -0.2) is 47.6 Å². The Morgan fingerprint density at radius 2 is 2.08 bits per heavy atom. The van der Waals surface area contributed by atoms with Crippen molar-refractivity contribution < 1.29 is 9.53 Å². The Hall–Kier alpha value is -2.21. The maximum absolute atomic E-state index is 12.4. The number of hydrogen-bond acceptors (Lipinski definition) is 4. The smallest absolute Gasteiger partial charge is 0.258 e. The number of ether oxygens (including phenoxy) is 1. The number of rotatable bonds is 9. The van der Waals surface area contributed by atoms with Crippen LogP contribution in [0.4, 0.5) is 0 Å². The quantitative estimate of drug-likeness (QED) is 0.757. The molecule has 6 nitrogen and oxygen atoms in total. The van der Waals surface area contributed by atoms with Gasteiger partial charge in [-0.2, -0.15) is 0 Å². The molecule has 1 aromatic heterocycles. The van der Waals surface area contributed by atoms with Crippen molar-refractivity contribution in [2.45, 2.75) is 33.1 Å². The number of para-hydroxylation sites is 1. The Balaban J connectivity index is 1.94.